The summed E-state index contributed by atoms with van der Waals surface area (Å²) in [4.78, 5) is 7.78. The van der Waals surface area contributed by atoms with Crippen molar-refractivity contribution in [2.24, 2.45) is 0 Å². The lowest BCUT2D eigenvalue weighted by atomic mass is 10.0. The molecule has 3 aromatic rings. The van der Waals surface area contributed by atoms with E-state index in [2.05, 4.69) is 9.97 Å². The van der Waals surface area contributed by atoms with Gasteiger partial charge in [0.15, 0.2) is 9.84 Å². The molecule has 0 saturated heterocycles. The van der Waals surface area contributed by atoms with Gasteiger partial charge in [-0.05, 0) is 24.3 Å². The van der Waals surface area contributed by atoms with Gasteiger partial charge in [-0.15, -0.1) is 0 Å². The van der Waals surface area contributed by atoms with Crippen molar-refractivity contribution in [3.8, 4) is 22.5 Å². The lowest BCUT2D eigenvalue weighted by Crippen LogP contribution is -2.00. The van der Waals surface area contributed by atoms with E-state index in [-0.39, 0.29) is 0 Å². The van der Waals surface area contributed by atoms with Crippen molar-refractivity contribution in [1.29, 1.82) is 0 Å². The molecule has 0 amide bonds. The van der Waals surface area contributed by atoms with Crippen molar-refractivity contribution in [1.82, 2.24) is 9.97 Å². The SMILES string of the molecule is CS(=O)(=O)c1ccccc1-c1cc[nH]c1-c1ccccn1. The van der Waals surface area contributed by atoms with Gasteiger partial charge >= 0.3 is 0 Å². The molecule has 3 rings (SSSR count). The molecule has 106 valence electrons. The zero-order valence-corrected chi connectivity index (χ0v) is 12.3. The molecule has 0 atom stereocenters. The zero-order valence-electron chi connectivity index (χ0n) is 11.4. The Balaban J connectivity index is 2.23. The fourth-order valence-electron chi connectivity index (χ4n) is 2.33. The predicted octanol–water partition coefficient (Wildman–Crippen LogP) is 3.15. The quantitative estimate of drug-likeness (QED) is 0.808. The van der Waals surface area contributed by atoms with Crippen molar-refractivity contribution in [3.63, 3.8) is 0 Å². The summed E-state index contributed by atoms with van der Waals surface area (Å²) in [6.07, 6.45) is 4.72. The molecule has 1 aromatic carbocycles. The minimum atomic E-state index is -3.29. The van der Waals surface area contributed by atoms with Gasteiger partial charge in [0.25, 0.3) is 0 Å². The smallest absolute Gasteiger partial charge is 0.176 e. The van der Waals surface area contributed by atoms with Crippen LogP contribution in [0.15, 0.2) is 65.8 Å². The molecular formula is C16H14N2O2S. The second kappa shape index (κ2) is 5.18. The van der Waals surface area contributed by atoms with Gasteiger partial charge in [-0.3, -0.25) is 4.98 Å². The number of nitrogens with one attached hydrogen (secondary N) is 1. The topological polar surface area (TPSA) is 62.8 Å². The summed E-state index contributed by atoms with van der Waals surface area (Å²) in [7, 11) is -3.29. The summed E-state index contributed by atoms with van der Waals surface area (Å²) < 4.78 is 23.9. The molecule has 0 unspecified atom stereocenters. The lowest BCUT2D eigenvalue weighted by Gasteiger charge is -2.09. The van der Waals surface area contributed by atoms with Crippen molar-refractivity contribution in [2.45, 2.75) is 4.90 Å². The van der Waals surface area contributed by atoms with Gasteiger partial charge < -0.3 is 4.98 Å². The number of hydrogen-bond acceptors (Lipinski definition) is 3. The first-order valence-corrected chi connectivity index (χ1v) is 8.35. The van der Waals surface area contributed by atoms with Crippen molar-refractivity contribution in [3.05, 3.63) is 60.9 Å². The Hall–Kier alpha value is -2.40. The van der Waals surface area contributed by atoms with Gasteiger partial charge in [-0.25, -0.2) is 8.42 Å². The number of aromatic nitrogens is 2. The summed E-state index contributed by atoms with van der Waals surface area (Å²) >= 11 is 0. The Kier molecular flexibility index (Phi) is 3.35. The Morgan fingerprint density at radius 3 is 2.43 bits per heavy atom. The van der Waals surface area contributed by atoms with Crippen LogP contribution in [0.3, 0.4) is 0 Å². The summed E-state index contributed by atoms with van der Waals surface area (Å²) in [6.45, 7) is 0. The molecular weight excluding hydrogens is 284 g/mol. The number of aromatic amines is 1. The number of benzene rings is 1. The minimum absolute atomic E-state index is 0.321. The molecule has 0 aliphatic heterocycles. The Labute approximate surface area is 123 Å². The van der Waals surface area contributed by atoms with Crippen LogP contribution in [0, 0.1) is 0 Å². The molecule has 0 fully saturated rings. The largest absolute Gasteiger partial charge is 0.359 e. The second-order valence-electron chi connectivity index (χ2n) is 4.75. The monoisotopic (exact) mass is 298 g/mol. The first-order chi connectivity index (χ1) is 10.1. The van der Waals surface area contributed by atoms with E-state index in [1.54, 1.807) is 24.5 Å². The highest BCUT2D eigenvalue weighted by Gasteiger charge is 2.17. The van der Waals surface area contributed by atoms with Crippen molar-refractivity contribution >= 4 is 9.84 Å². The highest BCUT2D eigenvalue weighted by Crippen LogP contribution is 2.33. The Morgan fingerprint density at radius 2 is 1.71 bits per heavy atom. The second-order valence-corrected chi connectivity index (χ2v) is 6.73. The molecule has 2 heterocycles. The molecule has 1 N–H and O–H groups in total. The first kappa shape index (κ1) is 13.6. The molecule has 4 nitrogen and oxygen atoms in total. The lowest BCUT2D eigenvalue weighted by molar-refractivity contribution is 0.602. The van der Waals surface area contributed by atoms with Crippen LogP contribution < -0.4 is 0 Å². The summed E-state index contributed by atoms with van der Waals surface area (Å²) in [5.74, 6) is 0. The number of sulfone groups is 1. The third-order valence-corrected chi connectivity index (χ3v) is 4.40. The zero-order chi connectivity index (χ0) is 14.9. The highest BCUT2D eigenvalue weighted by molar-refractivity contribution is 7.90. The molecule has 0 radical (unpaired) electrons. The maximum absolute atomic E-state index is 12.0. The van der Waals surface area contributed by atoms with Crippen LogP contribution in [-0.2, 0) is 9.84 Å². The Bertz CT molecular complexity index is 868. The number of H-pyrrole nitrogens is 1. The standard InChI is InChI=1S/C16H14N2O2S/c1-21(19,20)15-8-3-2-6-12(15)13-9-11-18-16(13)14-7-4-5-10-17-14/h2-11,18H,1H3. The van der Waals surface area contributed by atoms with E-state index in [0.717, 1.165) is 17.0 Å². The van der Waals surface area contributed by atoms with Crippen molar-refractivity contribution < 1.29 is 8.42 Å². The van der Waals surface area contributed by atoms with Crippen LogP contribution in [0.5, 0.6) is 0 Å². The molecule has 2 aromatic heterocycles. The average Bonchev–Trinajstić information content (AvgIpc) is 2.96. The Morgan fingerprint density at radius 1 is 0.952 bits per heavy atom. The van der Waals surface area contributed by atoms with Crippen LogP contribution in [0.25, 0.3) is 22.5 Å². The molecule has 0 aliphatic carbocycles. The molecule has 0 bridgehead atoms. The van der Waals surface area contributed by atoms with Crippen LogP contribution in [0.1, 0.15) is 0 Å². The summed E-state index contributed by atoms with van der Waals surface area (Å²) in [5, 5.41) is 0. The summed E-state index contributed by atoms with van der Waals surface area (Å²) in [6, 6.07) is 14.5. The molecule has 0 saturated carbocycles. The van der Waals surface area contributed by atoms with E-state index in [4.69, 9.17) is 0 Å². The van der Waals surface area contributed by atoms with Crippen LogP contribution in [-0.4, -0.2) is 24.6 Å². The number of rotatable bonds is 3. The normalized spacial score (nSPS) is 11.5. The van der Waals surface area contributed by atoms with E-state index >= 15 is 0 Å². The van der Waals surface area contributed by atoms with Gasteiger partial charge in [0.1, 0.15) is 0 Å². The fraction of sp³-hybridized carbons (Fsp3) is 0.0625. The maximum Gasteiger partial charge on any atom is 0.176 e. The average molecular weight is 298 g/mol. The van der Waals surface area contributed by atoms with Crippen molar-refractivity contribution in [2.75, 3.05) is 6.26 Å². The van der Waals surface area contributed by atoms with E-state index in [9.17, 15) is 8.42 Å². The van der Waals surface area contributed by atoms with Crippen LogP contribution in [0.4, 0.5) is 0 Å². The molecule has 0 spiro atoms. The summed E-state index contributed by atoms with van der Waals surface area (Å²) in [5.41, 5.74) is 3.10. The maximum atomic E-state index is 12.0. The van der Waals surface area contributed by atoms with Gasteiger partial charge in [-0.1, -0.05) is 24.3 Å². The van der Waals surface area contributed by atoms with Crippen LogP contribution in [0.2, 0.25) is 0 Å². The predicted molar refractivity (Wildman–Crippen MR) is 82.6 cm³/mol. The van der Waals surface area contributed by atoms with Gasteiger partial charge in [0.05, 0.1) is 16.3 Å². The van der Waals surface area contributed by atoms with Gasteiger partial charge in [0, 0.05) is 29.8 Å². The first-order valence-electron chi connectivity index (χ1n) is 6.45. The number of nitrogens with zero attached hydrogens (tertiary/aromatic N) is 1. The van der Waals surface area contributed by atoms with E-state index < -0.39 is 9.84 Å². The molecule has 5 heteroatoms. The van der Waals surface area contributed by atoms with E-state index in [1.165, 1.54) is 6.26 Å². The fourth-order valence-corrected chi connectivity index (χ4v) is 3.23. The molecule has 0 aliphatic rings. The van der Waals surface area contributed by atoms with E-state index in [0.29, 0.717) is 10.5 Å². The third kappa shape index (κ3) is 2.60. The van der Waals surface area contributed by atoms with Gasteiger partial charge in [-0.2, -0.15) is 0 Å². The van der Waals surface area contributed by atoms with Gasteiger partial charge in [0.2, 0.25) is 0 Å². The molecule has 21 heavy (non-hydrogen) atoms. The number of hydrogen-bond donors (Lipinski definition) is 1. The van der Waals surface area contributed by atoms with E-state index in [1.807, 2.05) is 36.4 Å². The van der Waals surface area contributed by atoms with Crippen LogP contribution >= 0.6 is 0 Å². The highest BCUT2D eigenvalue weighted by atomic mass is 32.2. The minimum Gasteiger partial charge on any atom is -0.359 e. The third-order valence-electron chi connectivity index (χ3n) is 3.24. The number of pyridine rings is 1.